The third-order valence-corrected chi connectivity index (χ3v) is 3.63. The van der Waals surface area contributed by atoms with Crippen molar-refractivity contribution in [1.82, 2.24) is 19.9 Å². The van der Waals surface area contributed by atoms with E-state index in [2.05, 4.69) is 43.9 Å². The van der Waals surface area contributed by atoms with Gasteiger partial charge in [0, 0.05) is 44.1 Å². The van der Waals surface area contributed by atoms with E-state index in [1.807, 2.05) is 13.1 Å². The Kier molecular flexibility index (Phi) is 3.60. The van der Waals surface area contributed by atoms with E-state index in [9.17, 15) is 0 Å². The van der Waals surface area contributed by atoms with Crippen molar-refractivity contribution in [2.75, 3.05) is 38.1 Å². The molecular weight excluding hydrogens is 250 g/mol. The van der Waals surface area contributed by atoms with Gasteiger partial charge in [-0.2, -0.15) is 0 Å². The predicted octanol–water partition coefficient (Wildman–Crippen LogP) is 1.60. The van der Waals surface area contributed by atoms with Gasteiger partial charge in [0.15, 0.2) is 0 Å². The van der Waals surface area contributed by atoms with Crippen LogP contribution in [-0.2, 0) is 0 Å². The zero-order chi connectivity index (χ0) is 13.9. The van der Waals surface area contributed by atoms with E-state index in [0.29, 0.717) is 0 Å². The SMILES string of the molecule is Cc1cncc(-c2ccc(N3CCN(C)CC3)nc2)n1. The van der Waals surface area contributed by atoms with Crippen molar-refractivity contribution in [2.45, 2.75) is 6.92 Å². The summed E-state index contributed by atoms with van der Waals surface area (Å²) in [4.78, 5) is 17.9. The summed E-state index contributed by atoms with van der Waals surface area (Å²) in [7, 11) is 2.16. The average Bonchev–Trinajstić information content (AvgIpc) is 2.48. The zero-order valence-electron chi connectivity index (χ0n) is 12.0. The molecule has 3 heterocycles. The first kappa shape index (κ1) is 13.0. The number of likely N-dealkylation sites (N-methyl/N-ethyl adjacent to an activating group) is 1. The van der Waals surface area contributed by atoms with Crippen molar-refractivity contribution in [3.8, 4) is 11.3 Å². The maximum absolute atomic E-state index is 4.57. The largest absolute Gasteiger partial charge is 0.354 e. The molecule has 0 atom stereocenters. The Labute approximate surface area is 119 Å². The third-order valence-electron chi connectivity index (χ3n) is 3.63. The highest BCUT2D eigenvalue weighted by atomic mass is 15.3. The van der Waals surface area contributed by atoms with E-state index in [4.69, 9.17) is 0 Å². The van der Waals surface area contributed by atoms with Gasteiger partial charge in [-0.1, -0.05) is 0 Å². The number of nitrogens with zero attached hydrogens (tertiary/aromatic N) is 5. The molecule has 0 radical (unpaired) electrons. The Balaban J connectivity index is 1.78. The van der Waals surface area contributed by atoms with Crippen LogP contribution in [0, 0.1) is 6.92 Å². The Morgan fingerprint density at radius 1 is 1.00 bits per heavy atom. The molecule has 0 saturated carbocycles. The van der Waals surface area contributed by atoms with Crippen LogP contribution in [0.2, 0.25) is 0 Å². The van der Waals surface area contributed by atoms with Crippen LogP contribution in [0.5, 0.6) is 0 Å². The Morgan fingerprint density at radius 3 is 2.45 bits per heavy atom. The fraction of sp³-hybridized carbons (Fsp3) is 0.400. The molecule has 1 aliphatic heterocycles. The highest BCUT2D eigenvalue weighted by Gasteiger charge is 2.15. The molecule has 0 aliphatic carbocycles. The number of aromatic nitrogens is 3. The van der Waals surface area contributed by atoms with Crippen molar-refractivity contribution < 1.29 is 0 Å². The summed E-state index contributed by atoms with van der Waals surface area (Å²) in [5.74, 6) is 1.04. The maximum atomic E-state index is 4.57. The number of anilines is 1. The molecule has 3 rings (SSSR count). The van der Waals surface area contributed by atoms with E-state index in [1.54, 1.807) is 12.4 Å². The molecule has 20 heavy (non-hydrogen) atoms. The molecule has 0 aromatic carbocycles. The lowest BCUT2D eigenvalue weighted by atomic mass is 10.2. The summed E-state index contributed by atoms with van der Waals surface area (Å²) in [6, 6.07) is 4.15. The van der Waals surface area contributed by atoms with Crippen molar-refractivity contribution in [2.24, 2.45) is 0 Å². The van der Waals surface area contributed by atoms with Gasteiger partial charge in [-0.25, -0.2) is 9.97 Å². The smallest absolute Gasteiger partial charge is 0.128 e. The van der Waals surface area contributed by atoms with Gasteiger partial charge in [-0.15, -0.1) is 0 Å². The molecule has 0 amide bonds. The molecule has 0 bridgehead atoms. The first-order chi connectivity index (χ1) is 9.72. The minimum Gasteiger partial charge on any atom is -0.354 e. The second-order valence-corrected chi connectivity index (χ2v) is 5.24. The van der Waals surface area contributed by atoms with Crippen LogP contribution in [0.3, 0.4) is 0 Å². The molecular formula is C15H19N5. The van der Waals surface area contributed by atoms with Crippen LogP contribution >= 0.6 is 0 Å². The normalized spacial score (nSPS) is 16.4. The predicted molar refractivity (Wildman–Crippen MR) is 79.7 cm³/mol. The van der Waals surface area contributed by atoms with Crippen molar-refractivity contribution in [1.29, 1.82) is 0 Å². The molecule has 2 aromatic heterocycles. The lowest BCUT2D eigenvalue weighted by molar-refractivity contribution is 0.312. The summed E-state index contributed by atoms with van der Waals surface area (Å²) in [5.41, 5.74) is 2.81. The molecule has 1 fully saturated rings. The first-order valence-corrected chi connectivity index (χ1v) is 6.91. The fourth-order valence-corrected chi connectivity index (χ4v) is 2.36. The van der Waals surface area contributed by atoms with Gasteiger partial charge in [0.1, 0.15) is 5.82 Å². The lowest BCUT2D eigenvalue weighted by Gasteiger charge is -2.33. The molecule has 0 spiro atoms. The topological polar surface area (TPSA) is 45.2 Å². The maximum Gasteiger partial charge on any atom is 0.128 e. The standard InChI is InChI=1S/C15H19N5/c1-12-9-16-11-14(18-12)13-3-4-15(17-10-13)20-7-5-19(2)6-8-20/h3-4,9-11H,5-8H2,1-2H3. The van der Waals surface area contributed by atoms with Crippen molar-refractivity contribution >= 4 is 5.82 Å². The molecule has 104 valence electrons. The number of piperazine rings is 1. The van der Waals surface area contributed by atoms with E-state index in [0.717, 1.165) is 48.9 Å². The summed E-state index contributed by atoms with van der Waals surface area (Å²) < 4.78 is 0. The summed E-state index contributed by atoms with van der Waals surface area (Å²) in [5, 5.41) is 0. The van der Waals surface area contributed by atoms with E-state index >= 15 is 0 Å². The van der Waals surface area contributed by atoms with Gasteiger partial charge < -0.3 is 9.80 Å². The molecule has 5 nitrogen and oxygen atoms in total. The molecule has 1 saturated heterocycles. The lowest BCUT2D eigenvalue weighted by Crippen LogP contribution is -2.44. The van der Waals surface area contributed by atoms with Crippen LogP contribution in [0.4, 0.5) is 5.82 Å². The quantitative estimate of drug-likeness (QED) is 0.828. The number of aryl methyl sites for hydroxylation is 1. The van der Waals surface area contributed by atoms with Gasteiger partial charge in [0.25, 0.3) is 0 Å². The average molecular weight is 269 g/mol. The Morgan fingerprint density at radius 2 is 1.80 bits per heavy atom. The fourth-order valence-electron chi connectivity index (χ4n) is 2.36. The monoisotopic (exact) mass is 269 g/mol. The van der Waals surface area contributed by atoms with Crippen molar-refractivity contribution in [3.05, 3.63) is 36.4 Å². The number of pyridine rings is 1. The van der Waals surface area contributed by atoms with Crippen LogP contribution in [0.1, 0.15) is 5.69 Å². The minimum absolute atomic E-state index is 0.877. The van der Waals surface area contributed by atoms with E-state index < -0.39 is 0 Å². The van der Waals surface area contributed by atoms with Gasteiger partial charge in [0.2, 0.25) is 0 Å². The summed E-state index contributed by atoms with van der Waals surface area (Å²) in [6.07, 6.45) is 5.42. The molecule has 1 aliphatic rings. The zero-order valence-corrected chi connectivity index (χ0v) is 12.0. The highest BCUT2D eigenvalue weighted by Crippen LogP contribution is 2.19. The van der Waals surface area contributed by atoms with E-state index in [1.165, 1.54) is 0 Å². The minimum atomic E-state index is 0.877. The number of rotatable bonds is 2. The van der Waals surface area contributed by atoms with Gasteiger partial charge in [-0.3, -0.25) is 4.98 Å². The van der Waals surface area contributed by atoms with Gasteiger partial charge in [0.05, 0.1) is 17.6 Å². The molecule has 2 aromatic rings. The van der Waals surface area contributed by atoms with Crippen LogP contribution in [0.15, 0.2) is 30.7 Å². The van der Waals surface area contributed by atoms with Crippen LogP contribution in [-0.4, -0.2) is 53.1 Å². The molecule has 5 heteroatoms. The van der Waals surface area contributed by atoms with E-state index in [-0.39, 0.29) is 0 Å². The highest BCUT2D eigenvalue weighted by molar-refractivity contribution is 5.59. The first-order valence-electron chi connectivity index (χ1n) is 6.91. The van der Waals surface area contributed by atoms with Crippen LogP contribution in [0.25, 0.3) is 11.3 Å². The summed E-state index contributed by atoms with van der Waals surface area (Å²) >= 11 is 0. The van der Waals surface area contributed by atoms with Gasteiger partial charge >= 0.3 is 0 Å². The van der Waals surface area contributed by atoms with Crippen molar-refractivity contribution in [3.63, 3.8) is 0 Å². The second kappa shape index (κ2) is 5.54. The second-order valence-electron chi connectivity index (χ2n) is 5.24. The van der Waals surface area contributed by atoms with Crippen LogP contribution < -0.4 is 4.90 Å². The number of hydrogen-bond acceptors (Lipinski definition) is 5. The summed E-state index contributed by atoms with van der Waals surface area (Å²) in [6.45, 7) is 6.20. The number of hydrogen-bond donors (Lipinski definition) is 0. The molecule has 0 unspecified atom stereocenters. The molecule has 0 N–H and O–H groups in total. The Hall–Kier alpha value is -2.01. The third kappa shape index (κ3) is 2.77. The Bertz CT molecular complexity index is 573. The van der Waals surface area contributed by atoms with Gasteiger partial charge in [-0.05, 0) is 26.1 Å².